The number of aryl methyl sites for hydroxylation is 2. The number of rotatable bonds is 3. The van der Waals surface area contributed by atoms with Crippen LogP contribution in [0.4, 0.5) is 0 Å². The van der Waals surface area contributed by atoms with E-state index in [9.17, 15) is 0 Å². The second kappa shape index (κ2) is 5.26. The van der Waals surface area contributed by atoms with E-state index in [0.717, 1.165) is 24.4 Å². The molecule has 3 atom stereocenters. The second-order valence-corrected chi connectivity index (χ2v) is 6.48. The van der Waals surface area contributed by atoms with Gasteiger partial charge in [-0.05, 0) is 50.8 Å². The van der Waals surface area contributed by atoms with Gasteiger partial charge in [0.2, 0.25) is 0 Å². The fourth-order valence-corrected chi connectivity index (χ4v) is 4.25. The minimum absolute atomic E-state index is 0.779. The van der Waals surface area contributed by atoms with Crippen molar-refractivity contribution >= 4 is 0 Å². The van der Waals surface area contributed by atoms with Crippen LogP contribution in [0.2, 0.25) is 0 Å². The molecule has 2 aliphatic rings. The van der Waals surface area contributed by atoms with Gasteiger partial charge in [-0.25, -0.2) is 0 Å². The summed E-state index contributed by atoms with van der Waals surface area (Å²) in [6, 6.07) is 7.75. The lowest BCUT2D eigenvalue weighted by molar-refractivity contribution is 0.210. The van der Waals surface area contributed by atoms with Crippen LogP contribution in [0.5, 0.6) is 0 Å². The van der Waals surface area contributed by atoms with Gasteiger partial charge in [0, 0.05) is 19.1 Å². The molecule has 0 amide bonds. The van der Waals surface area contributed by atoms with Gasteiger partial charge in [-0.3, -0.25) is 4.90 Å². The number of fused-ring (bicyclic) bond motifs is 1. The van der Waals surface area contributed by atoms with Crippen molar-refractivity contribution in [2.24, 2.45) is 11.8 Å². The normalized spacial score (nSPS) is 30.8. The van der Waals surface area contributed by atoms with Gasteiger partial charge in [-0.1, -0.05) is 36.2 Å². The number of likely N-dealkylation sites (tertiary alicyclic amines) is 1. The van der Waals surface area contributed by atoms with E-state index < -0.39 is 0 Å². The Morgan fingerprint density at radius 1 is 1.16 bits per heavy atom. The molecular formula is C17H26N2. The zero-order valence-corrected chi connectivity index (χ0v) is 12.4. The zero-order chi connectivity index (χ0) is 13.4. The average Bonchev–Trinajstić information content (AvgIpc) is 2.87. The van der Waals surface area contributed by atoms with Crippen molar-refractivity contribution < 1.29 is 0 Å². The molecule has 2 heterocycles. The third-order valence-electron chi connectivity index (χ3n) is 4.91. The first-order valence-corrected chi connectivity index (χ1v) is 7.69. The van der Waals surface area contributed by atoms with Crippen LogP contribution in [0.25, 0.3) is 0 Å². The largest absolute Gasteiger partial charge is 0.316 e. The Hall–Kier alpha value is -0.860. The number of benzene rings is 1. The lowest BCUT2D eigenvalue weighted by Gasteiger charge is -2.27. The Morgan fingerprint density at radius 3 is 2.58 bits per heavy atom. The van der Waals surface area contributed by atoms with Gasteiger partial charge in [0.15, 0.2) is 0 Å². The first kappa shape index (κ1) is 13.1. The van der Waals surface area contributed by atoms with E-state index in [1.54, 1.807) is 0 Å². The summed E-state index contributed by atoms with van der Waals surface area (Å²) in [7, 11) is 0. The molecule has 0 bridgehead atoms. The highest BCUT2D eigenvalue weighted by Gasteiger charge is 2.42. The lowest BCUT2D eigenvalue weighted by atomic mass is 9.93. The lowest BCUT2D eigenvalue weighted by Crippen LogP contribution is -2.34. The number of nitrogens with zero attached hydrogens (tertiary/aromatic N) is 1. The van der Waals surface area contributed by atoms with E-state index in [0.29, 0.717) is 0 Å². The van der Waals surface area contributed by atoms with Crippen molar-refractivity contribution in [2.75, 3.05) is 19.6 Å². The summed E-state index contributed by atoms with van der Waals surface area (Å²) in [5, 5.41) is 3.56. The second-order valence-electron chi connectivity index (χ2n) is 6.48. The highest BCUT2D eigenvalue weighted by molar-refractivity contribution is 5.28. The average molecular weight is 258 g/mol. The van der Waals surface area contributed by atoms with Gasteiger partial charge in [0.25, 0.3) is 0 Å². The summed E-state index contributed by atoms with van der Waals surface area (Å²) in [5.74, 6) is 1.77. The SMILES string of the molecule is CCC1C2CNCC2CN1Cc1cc(C)cc(C)c1. The van der Waals surface area contributed by atoms with Crippen molar-refractivity contribution in [1.29, 1.82) is 0 Å². The first-order valence-electron chi connectivity index (χ1n) is 7.69. The van der Waals surface area contributed by atoms with Crippen molar-refractivity contribution in [3.8, 4) is 0 Å². The Morgan fingerprint density at radius 2 is 1.89 bits per heavy atom. The quantitative estimate of drug-likeness (QED) is 0.897. The van der Waals surface area contributed by atoms with Gasteiger partial charge in [-0.2, -0.15) is 0 Å². The van der Waals surface area contributed by atoms with E-state index in [-0.39, 0.29) is 0 Å². The minimum Gasteiger partial charge on any atom is -0.316 e. The number of hydrogen-bond donors (Lipinski definition) is 1. The maximum absolute atomic E-state index is 3.56. The molecule has 2 saturated heterocycles. The summed E-state index contributed by atoms with van der Waals surface area (Å²) in [4.78, 5) is 2.73. The molecule has 0 aromatic heterocycles. The molecule has 1 N–H and O–H groups in total. The van der Waals surface area contributed by atoms with Crippen LogP contribution in [0.15, 0.2) is 18.2 Å². The molecule has 104 valence electrons. The van der Waals surface area contributed by atoms with E-state index in [1.807, 2.05) is 0 Å². The molecule has 1 aromatic carbocycles. The summed E-state index contributed by atoms with van der Waals surface area (Å²) >= 11 is 0. The third kappa shape index (κ3) is 2.56. The summed E-state index contributed by atoms with van der Waals surface area (Å²) in [6.45, 7) is 11.6. The van der Waals surface area contributed by atoms with Crippen molar-refractivity contribution in [3.63, 3.8) is 0 Å². The molecule has 3 rings (SSSR count). The zero-order valence-electron chi connectivity index (χ0n) is 12.4. The molecule has 2 fully saturated rings. The van der Waals surface area contributed by atoms with Crippen LogP contribution in [0, 0.1) is 25.7 Å². The Labute approximate surface area is 117 Å². The molecule has 1 aromatic rings. The molecule has 3 unspecified atom stereocenters. The summed E-state index contributed by atoms with van der Waals surface area (Å²) in [5.41, 5.74) is 4.28. The molecule has 0 radical (unpaired) electrons. The highest BCUT2D eigenvalue weighted by Crippen LogP contribution is 2.35. The van der Waals surface area contributed by atoms with E-state index in [2.05, 4.69) is 49.2 Å². The molecule has 0 saturated carbocycles. The van der Waals surface area contributed by atoms with Gasteiger partial charge < -0.3 is 5.32 Å². The third-order valence-corrected chi connectivity index (χ3v) is 4.91. The Bertz CT molecular complexity index is 434. The first-order chi connectivity index (χ1) is 9.17. The standard InChI is InChI=1S/C17H26N2/c1-4-17-16-9-18-8-15(16)11-19(17)10-14-6-12(2)5-13(3)7-14/h5-7,15-18H,4,8-11H2,1-3H3. The van der Waals surface area contributed by atoms with Crippen molar-refractivity contribution in [1.82, 2.24) is 10.2 Å². The Kier molecular flexibility index (Phi) is 3.64. The molecule has 19 heavy (non-hydrogen) atoms. The molecule has 0 aliphatic carbocycles. The molecule has 0 spiro atoms. The molecule has 2 heteroatoms. The summed E-state index contributed by atoms with van der Waals surface area (Å²) in [6.07, 6.45) is 1.29. The maximum Gasteiger partial charge on any atom is 0.0237 e. The monoisotopic (exact) mass is 258 g/mol. The van der Waals surface area contributed by atoms with Crippen LogP contribution in [0.1, 0.15) is 30.0 Å². The topological polar surface area (TPSA) is 15.3 Å². The van der Waals surface area contributed by atoms with E-state index >= 15 is 0 Å². The highest BCUT2D eigenvalue weighted by atomic mass is 15.2. The molecule has 2 aliphatic heterocycles. The number of hydrogen-bond acceptors (Lipinski definition) is 2. The predicted molar refractivity (Wildman–Crippen MR) is 80.3 cm³/mol. The fraction of sp³-hybridized carbons (Fsp3) is 0.647. The number of nitrogens with one attached hydrogen (secondary N) is 1. The molecule has 2 nitrogen and oxygen atoms in total. The van der Waals surface area contributed by atoms with E-state index in [4.69, 9.17) is 0 Å². The van der Waals surface area contributed by atoms with Crippen LogP contribution in [-0.4, -0.2) is 30.6 Å². The van der Waals surface area contributed by atoms with Crippen molar-refractivity contribution in [3.05, 3.63) is 34.9 Å². The van der Waals surface area contributed by atoms with Crippen LogP contribution in [0.3, 0.4) is 0 Å². The maximum atomic E-state index is 3.56. The van der Waals surface area contributed by atoms with Gasteiger partial charge >= 0.3 is 0 Å². The van der Waals surface area contributed by atoms with E-state index in [1.165, 1.54) is 42.7 Å². The van der Waals surface area contributed by atoms with Crippen LogP contribution >= 0.6 is 0 Å². The minimum atomic E-state index is 0.779. The molecular weight excluding hydrogens is 232 g/mol. The Balaban J connectivity index is 1.75. The summed E-state index contributed by atoms with van der Waals surface area (Å²) < 4.78 is 0. The van der Waals surface area contributed by atoms with Gasteiger partial charge in [0.1, 0.15) is 0 Å². The van der Waals surface area contributed by atoms with Crippen LogP contribution in [-0.2, 0) is 6.54 Å². The fourth-order valence-electron chi connectivity index (χ4n) is 4.25. The van der Waals surface area contributed by atoms with Gasteiger partial charge in [0.05, 0.1) is 0 Å². The van der Waals surface area contributed by atoms with Crippen molar-refractivity contribution in [2.45, 2.75) is 39.8 Å². The predicted octanol–water partition coefficient (Wildman–Crippen LogP) is 2.73. The van der Waals surface area contributed by atoms with Gasteiger partial charge in [-0.15, -0.1) is 0 Å². The van der Waals surface area contributed by atoms with Crippen LogP contribution < -0.4 is 5.32 Å². The smallest absolute Gasteiger partial charge is 0.0237 e.